The topological polar surface area (TPSA) is 167 Å². The van der Waals surface area contributed by atoms with Crippen LogP contribution in [0.4, 0.5) is 0 Å². The third kappa shape index (κ3) is 40.5. The normalized spacial score (nSPS) is 13.6. The lowest BCUT2D eigenvalue weighted by molar-refractivity contribution is 0.00889. The fourth-order valence-corrected chi connectivity index (χ4v) is 12.8. The van der Waals surface area contributed by atoms with Crippen molar-refractivity contribution in [1.82, 2.24) is 9.80 Å². The van der Waals surface area contributed by atoms with E-state index in [2.05, 4.69) is 27.7 Å². The first kappa shape index (κ1) is 88.4. The van der Waals surface area contributed by atoms with E-state index in [9.17, 15) is 19.2 Å². The second-order valence-electron chi connectivity index (χ2n) is 28.3. The minimum absolute atomic E-state index is 0.217. The molecule has 16 nitrogen and oxygen atoms in total. The Morgan fingerprint density at radius 1 is 0.269 bits per heavy atom. The number of hydrogen-bond donors (Lipinski definition) is 0. The van der Waals surface area contributed by atoms with Crippen molar-refractivity contribution in [2.75, 3.05) is 105 Å². The van der Waals surface area contributed by atoms with Gasteiger partial charge in [-0.3, -0.25) is 9.59 Å². The Morgan fingerprint density at radius 2 is 0.490 bits per heavy atom. The third-order valence-corrected chi connectivity index (χ3v) is 19.3. The van der Waals surface area contributed by atoms with Crippen molar-refractivity contribution in [3.63, 3.8) is 0 Å². The number of amides is 2. The SMILES string of the molecule is CCCCCCCCCCCCOc1ccc(C(=O)Oc2ccc(C(=O)N3CCOCCOCCN(C(=O)c4ccc(OC(=O)c5ccc(OCCCCCCCCCCCC)c(OCCCCCCCCCCCC)c5)cc4)CCOCCOCC3)cc2)cc1OCCCCCCCCCCCC. The van der Waals surface area contributed by atoms with Crippen molar-refractivity contribution < 1.29 is 66.5 Å². The zero-order valence-electron chi connectivity index (χ0n) is 65.3. The predicted molar refractivity (Wildman–Crippen MR) is 420 cm³/mol. The van der Waals surface area contributed by atoms with E-state index in [0.717, 1.165) is 51.4 Å². The van der Waals surface area contributed by atoms with Crippen LogP contribution >= 0.6 is 0 Å². The van der Waals surface area contributed by atoms with Crippen LogP contribution < -0.4 is 28.4 Å². The molecule has 1 fully saturated rings. The van der Waals surface area contributed by atoms with E-state index in [1.165, 1.54) is 205 Å². The van der Waals surface area contributed by atoms with Gasteiger partial charge in [0.25, 0.3) is 11.8 Å². The summed E-state index contributed by atoms with van der Waals surface area (Å²) in [6.45, 7) is 14.6. The Morgan fingerprint density at radius 3 is 0.740 bits per heavy atom. The van der Waals surface area contributed by atoms with Gasteiger partial charge in [0.15, 0.2) is 23.0 Å². The van der Waals surface area contributed by atoms with Crippen LogP contribution in [0, 0.1) is 0 Å². The minimum atomic E-state index is -0.536. The van der Waals surface area contributed by atoms with Gasteiger partial charge in [-0.2, -0.15) is 0 Å². The summed E-state index contributed by atoms with van der Waals surface area (Å²) in [4.78, 5) is 58.7. The maximum absolute atomic E-state index is 14.0. The van der Waals surface area contributed by atoms with Crippen LogP contribution in [0.25, 0.3) is 0 Å². The first-order valence-corrected chi connectivity index (χ1v) is 41.6. The van der Waals surface area contributed by atoms with E-state index in [4.69, 9.17) is 47.4 Å². The molecule has 1 aliphatic heterocycles. The molecular formula is C88H138N2O14. The molecule has 0 spiro atoms. The molecule has 0 bridgehead atoms. The molecule has 0 saturated carbocycles. The quantitative estimate of drug-likeness (QED) is 0.0233. The summed E-state index contributed by atoms with van der Waals surface area (Å²) in [7, 11) is 0. The average Bonchev–Trinajstić information content (AvgIpc) is 0.842. The molecule has 1 heterocycles. The number of nitrogens with zero attached hydrogens (tertiary/aromatic N) is 2. The summed E-state index contributed by atoms with van der Waals surface area (Å²) < 4.78 is 60.7. The average molecular weight is 1450 g/mol. The van der Waals surface area contributed by atoms with Gasteiger partial charge in [0.2, 0.25) is 0 Å². The number of hydrogen-bond acceptors (Lipinski definition) is 14. The highest BCUT2D eigenvalue weighted by Gasteiger charge is 2.21. The number of ether oxygens (including phenoxy) is 10. The van der Waals surface area contributed by atoms with E-state index < -0.39 is 11.9 Å². The molecule has 0 aliphatic carbocycles. The number of rotatable bonds is 54. The lowest BCUT2D eigenvalue weighted by atomic mass is 10.1. The van der Waals surface area contributed by atoms with Crippen LogP contribution in [0.15, 0.2) is 84.9 Å². The van der Waals surface area contributed by atoms with Crippen LogP contribution in [-0.2, 0) is 18.9 Å². The summed E-state index contributed by atoms with van der Waals surface area (Å²) in [5.41, 5.74) is 1.55. The van der Waals surface area contributed by atoms with E-state index >= 15 is 0 Å². The molecule has 0 unspecified atom stereocenters. The molecule has 4 aromatic rings. The lowest BCUT2D eigenvalue weighted by Crippen LogP contribution is -2.38. The third-order valence-electron chi connectivity index (χ3n) is 19.3. The monoisotopic (exact) mass is 1450 g/mol. The van der Waals surface area contributed by atoms with Crippen molar-refractivity contribution in [3.05, 3.63) is 107 Å². The summed E-state index contributed by atoms with van der Waals surface area (Å²) in [5, 5.41) is 0. The van der Waals surface area contributed by atoms with E-state index in [1.807, 2.05) is 12.1 Å². The van der Waals surface area contributed by atoms with Crippen LogP contribution in [0.5, 0.6) is 34.5 Å². The lowest BCUT2D eigenvalue weighted by Gasteiger charge is -2.24. The van der Waals surface area contributed by atoms with Crippen molar-refractivity contribution in [3.8, 4) is 34.5 Å². The molecule has 584 valence electrons. The zero-order chi connectivity index (χ0) is 73.8. The second-order valence-corrected chi connectivity index (χ2v) is 28.3. The van der Waals surface area contributed by atoms with Gasteiger partial charge in [-0.25, -0.2) is 9.59 Å². The van der Waals surface area contributed by atoms with E-state index in [1.54, 1.807) is 82.6 Å². The number of esters is 2. The largest absolute Gasteiger partial charge is 0.490 e. The van der Waals surface area contributed by atoms with Crippen molar-refractivity contribution >= 4 is 23.8 Å². The summed E-state index contributed by atoms with van der Waals surface area (Å²) in [6, 6.07) is 23.7. The van der Waals surface area contributed by atoms with Gasteiger partial charge in [-0.1, -0.05) is 259 Å². The van der Waals surface area contributed by atoms with Gasteiger partial charge in [0.05, 0.1) is 90.4 Å². The number of benzene rings is 4. The molecule has 1 saturated heterocycles. The molecule has 0 radical (unpaired) electrons. The smallest absolute Gasteiger partial charge is 0.343 e. The highest BCUT2D eigenvalue weighted by molar-refractivity contribution is 5.96. The van der Waals surface area contributed by atoms with E-state index in [-0.39, 0.29) is 64.7 Å². The van der Waals surface area contributed by atoms with Gasteiger partial charge in [-0.15, -0.1) is 0 Å². The Kier molecular flexibility index (Phi) is 50.9. The van der Waals surface area contributed by atoms with Crippen LogP contribution in [0.1, 0.15) is 326 Å². The molecule has 104 heavy (non-hydrogen) atoms. The van der Waals surface area contributed by atoms with Gasteiger partial charge in [-0.05, 0) is 111 Å². The fraction of sp³-hybridized carbons (Fsp3) is 0.682. The van der Waals surface area contributed by atoms with Gasteiger partial charge >= 0.3 is 11.9 Å². The van der Waals surface area contributed by atoms with Crippen LogP contribution in [0.3, 0.4) is 0 Å². The zero-order valence-corrected chi connectivity index (χ0v) is 65.3. The molecule has 4 aromatic carbocycles. The number of carbonyl (C=O) groups excluding carboxylic acids is 4. The Hall–Kier alpha value is -6.20. The second kappa shape index (κ2) is 59.9. The predicted octanol–water partition coefficient (Wildman–Crippen LogP) is 22.0. The minimum Gasteiger partial charge on any atom is -0.490 e. The summed E-state index contributed by atoms with van der Waals surface area (Å²) >= 11 is 0. The van der Waals surface area contributed by atoms with Crippen molar-refractivity contribution in [1.29, 1.82) is 0 Å². The molecule has 16 heteroatoms. The molecule has 0 N–H and O–H groups in total. The summed E-state index contributed by atoms with van der Waals surface area (Å²) in [6.07, 6.45) is 49.6. The molecule has 2 amide bonds. The number of unbranched alkanes of at least 4 members (excludes halogenated alkanes) is 36. The standard InChI is InChI=1S/C88H138N2O14/c1-5-9-13-17-21-25-29-33-37-41-61-99-81-55-49-77(73-83(81)101-63-43-39-35-31-27-23-19-15-11-7-3)87(93)103-79-51-45-75(46-52-79)85(91)89-57-65-95-69-71-97-67-59-90(60-68-98-72-70-96-66-58-89)86(92)76-47-53-80(54-48-76)104-88(94)78-50-56-82(100-62-42-38-34-30-26-22-18-14-10-6-2)84(74-78)102-64-44-40-36-32-28-24-20-16-12-8-4/h45-56,73-74H,5-44,57-72H2,1-4H3. The van der Waals surface area contributed by atoms with Crippen LogP contribution in [-0.4, -0.2) is 139 Å². The summed E-state index contributed by atoms with van der Waals surface area (Å²) in [5.74, 6) is 1.46. The molecule has 0 aromatic heterocycles. The maximum atomic E-state index is 14.0. The molecule has 0 atom stereocenters. The Balaban J connectivity index is 1.07. The van der Waals surface area contributed by atoms with Crippen molar-refractivity contribution in [2.24, 2.45) is 0 Å². The van der Waals surface area contributed by atoms with Gasteiger partial charge in [0.1, 0.15) is 11.5 Å². The van der Waals surface area contributed by atoms with Crippen LogP contribution in [0.2, 0.25) is 0 Å². The first-order chi connectivity index (χ1) is 51.2. The molecule has 5 rings (SSSR count). The van der Waals surface area contributed by atoms with Crippen molar-refractivity contribution in [2.45, 2.75) is 285 Å². The molecular weight excluding hydrogens is 1310 g/mol. The highest BCUT2D eigenvalue weighted by Crippen LogP contribution is 2.32. The Bertz CT molecular complexity index is 2600. The van der Waals surface area contributed by atoms with Gasteiger partial charge in [0, 0.05) is 37.3 Å². The van der Waals surface area contributed by atoms with Gasteiger partial charge < -0.3 is 57.2 Å². The fourth-order valence-electron chi connectivity index (χ4n) is 12.8. The molecule has 1 aliphatic rings. The van der Waals surface area contributed by atoms with E-state index in [0.29, 0.717) is 109 Å². The number of carbonyl (C=O) groups is 4. The Labute approximate surface area is 628 Å². The first-order valence-electron chi connectivity index (χ1n) is 41.6. The maximum Gasteiger partial charge on any atom is 0.343 e. The highest BCUT2D eigenvalue weighted by atomic mass is 16.6.